The van der Waals surface area contributed by atoms with E-state index >= 15 is 0 Å². The highest BCUT2D eigenvalue weighted by molar-refractivity contribution is 6.34. The number of carbonyl (C=O) groups excluding carboxylic acids is 2. The Kier molecular flexibility index (Phi) is 7.33. The van der Waals surface area contributed by atoms with Gasteiger partial charge in [-0.2, -0.15) is 18.4 Å². The Morgan fingerprint density at radius 3 is 2.35 bits per heavy atom. The van der Waals surface area contributed by atoms with Crippen molar-refractivity contribution < 1.29 is 27.9 Å². The lowest BCUT2D eigenvalue weighted by Gasteiger charge is -2.36. The number of rotatable bonds is 4. The number of anilines is 1. The van der Waals surface area contributed by atoms with Crippen LogP contribution < -0.4 is 4.90 Å². The number of aliphatic hydroxyl groups excluding tert-OH is 1. The number of amides is 2. The molecule has 0 spiro atoms. The SMILES string of the molecule is CN(C)C(=O)c1ccc(-c2cnc(N3CCN(C(=O)[C@H](O)C(F)(F)F)CC3)c(C#N)c2)cc1Cl. The second-order valence-electron chi connectivity index (χ2n) is 7.86. The first-order chi connectivity index (χ1) is 15.9. The fourth-order valence-corrected chi connectivity index (χ4v) is 3.77. The van der Waals surface area contributed by atoms with Gasteiger partial charge in [-0.1, -0.05) is 17.7 Å². The molecule has 0 unspecified atom stereocenters. The maximum absolute atomic E-state index is 12.6. The van der Waals surface area contributed by atoms with Crippen LogP contribution in [0.3, 0.4) is 0 Å². The van der Waals surface area contributed by atoms with E-state index in [1.54, 1.807) is 43.3 Å². The number of piperazine rings is 1. The first kappa shape index (κ1) is 25.3. The number of aromatic nitrogens is 1. The maximum atomic E-state index is 12.6. The number of benzene rings is 1. The molecular formula is C22H21ClF3N5O3. The van der Waals surface area contributed by atoms with Gasteiger partial charge in [-0.25, -0.2) is 4.98 Å². The molecule has 1 fully saturated rings. The summed E-state index contributed by atoms with van der Waals surface area (Å²) in [5, 5.41) is 19.1. The van der Waals surface area contributed by atoms with Gasteiger partial charge in [-0.3, -0.25) is 9.59 Å². The molecule has 2 amide bonds. The van der Waals surface area contributed by atoms with Gasteiger partial charge in [0, 0.05) is 52.0 Å². The summed E-state index contributed by atoms with van der Waals surface area (Å²) in [6.45, 7) is 0.170. The van der Waals surface area contributed by atoms with Crippen LogP contribution >= 0.6 is 11.6 Å². The summed E-state index contributed by atoms with van der Waals surface area (Å²) in [6, 6.07) is 8.55. The van der Waals surface area contributed by atoms with Gasteiger partial charge in [0.2, 0.25) is 6.10 Å². The lowest BCUT2D eigenvalue weighted by atomic mass is 10.0. The molecule has 1 aliphatic heterocycles. The predicted molar refractivity (Wildman–Crippen MR) is 118 cm³/mol. The molecule has 0 bridgehead atoms. The highest BCUT2D eigenvalue weighted by atomic mass is 35.5. The first-order valence-electron chi connectivity index (χ1n) is 10.1. The van der Waals surface area contributed by atoms with Crippen molar-refractivity contribution in [3.8, 4) is 17.2 Å². The number of alkyl halides is 3. The molecule has 34 heavy (non-hydrogen) atoms. The fourth-order valence-electron chi connectivity index (χ4n) is 3.51. The summed E-state index contributed by atoms with van der Waals surface area (Å²) in [5.74, 6) is -1.31. The topological polar surface area (TPSA) is 101 Å². The van der Waals surface area contributed by atoms with Crippen molar-refractivity contribution >= 4 is 29.2 Å². The second-order valence-corrected chi connectivity index (χ2v) is 8.26. The summed E-state index contributed by atoms with van der Waals surface area (Å²) >= 11 is 6.27. The highest BCUT2D eigenvalue weighted by Gasteiger charge is 2.45. The molecule has 2 aromatic rings. The van der Waals surface area contributed by atoms with E-state index in [4.69, 9.17) is 11.6 Å². The predicted octanol–water partition coefficient (Wildman–Crippen LogP) is 2.55. The molecule has 3 rings (SSSR count). The third-order valence-electron chi connectivity index (χ3n) is 5.36. The highest BCUT2D eigenvalue weighted by Crippen LogP contribution is 2.29. The molecule has 0 aliphatic carbocycles. The van der Waals surface area contributed by atoms with Crippen LogP contribution in [0.5, 0.6) is 0 Å². The molecule has 1 aliphatic rings. The van der Waals surface area contributed by atoms with Gasteiger partial charge in [0.1, 0.15) is 11.9 Å². The smallest absolute Gasteiger partial charge is 0.376 e. The molecule has 1 aromatic carbocycles. The lowest BCUT2D eigenvalue weighted by Crippen LogP contribution is -2.54. The maximum Gasteiger partial charge on any atom is 0.423 e. The molecule has 0 radical (unpaired) electrons. The van der Waals surface area contributed by atoms with E-state index in [-0.39, 0.29) is 42.7 Å². The normalized spacial score (nSPS) is 15.0. The molecule has 1 atom stereocenters. The van der Waals surface area contributed by atoms with E-state index in [9.17, 15) is 33.1 Å². The number of hydrogen-bond donors (Lipinski definition) is 1. The average Bonchev–Trinajstić information content (AvgIpc) is 2.81. The summed E-state index contributed by atoms with van der Waals surface area (Å²) in [5.41, 5.74) is 1.81. The largest absolute Gasteiger partial charge is 0.423 e. The Morgan fingerprint density at radius 1 is 1.18 bits per heavy atom. The van der Waals surface area contributed by atoms with Gasteiger partial charge in [-0.05, 0) is 23.8 Å². The molecule has 12 heteroatoms. The number of pyridine rings is 1. The van der Waals surface area contributed by atoms with Crippen molar-refractivity contribution in [3.63, 3.8) is 0 Å². The Balaban J connectivity index is 1.77. The van der Waals surface area contributed by atoms with Gasteiger partial charge in [0.05, 0.1) is 16.1 Å². The Morgan fingerprint density at radius 2 is 1.82 bits per heavy atom. The Labute approximate surface area is 198 Å². The van der Waals surface area contributed by atoms with Crippen molar-refractivity contribution in [2.45, 2.75) is 12.3 Å². The van der Waals surface area contributed by atoms with E-state index in [0.29, 0.717) is 22.5 Å². The summed E-state index contributed by atoms with van der Waals surface area (Å²) in [6.07, 6.45) is -6.56. The fraction of sp³-hybridized carbons (Fsp3) is 0.364. The van der Waals surface area contributed by atoms with Crippen molar-refractivity contribution in [3.05, 3.63) is 46.6 Å². The number of hydrogen-bond acceptors (Lipinski definition) is 6. The van der Waals surface area contributed by atoms with Gasteiger partial charge in [0.25, 0.3) is 11.8 Å². The summed E-state index contributed by atoms with van der Waals surface area (Å²) in [4.78, 5) is 32.4. The Bertz CT molecular complexity index is 1140. The van der Waals surface area contributed by atoms with Crippen LogP contribution in [0.2, 0.25) is 5.02 Å². The number of halogens is 4. The first-order valence-corrected chi connectivity index (χ1v) is 10.5. The van der Waals surface area contributed by atoms with E-state index in [0.717, 1.165) is 4.90 Å². The zero-order valence-electron chi connectivity index (χ0n) is 18.3. The average molecular weight is 496 g/mol. The third kappa shape index (κ3) is 5.24. The lowest BCUT2D eigenvalue weighted by molar-refractivity contribution is -0.210. The van der Waals surface area contributed by atoms with Crippen LogP contribution in [0.4, 0.5) is 19.0 Å². The van der Waals surface area contributed by atoms with Gasteiger partial charge in [-0.15, -0.1) is 0 Å². The van der Waals surface area contributed by atoms with E-state index < -0.39 is 18.2 Å². The summed E-state index contributed by atoms with van der Waals surface area (Å²) < 4.78 is 37.8. The molecule has 1 saturated heterocycles. The van der Waals surface area contributed by atoms with Crippen molar-refractivity contribution in [1.29, 1.82) is 5.26 Å². The molecule has 8 nitrogen and oxygen atoms in total. The molecule has 1 aromatic heterocycles. The number of nitriles is 1. The zero-order valence-corrected chi connectivity index (χ0v) is 19.1. The van der Waals surface area contributed by atoms with Gasteiger partial charge < -0.3 is 19.8 Å². The second kappa shape index (κ2) is 9.87. The van der Waals surface area contributed by atoms with E-state index in [1.165, 1.54) is 11.1 Å². The van der Waals surface area contributed by atoms with Gasteiger partial charge in [0.15, 0.2) is 0 Å². The minimum atomic E-state index is -5.03. The Hall–Kier alpha value is -3.36. The van der Waals surface area contributed by atoms with Crippen LogP contribution in [0.15, 0.2) is 30.5 Å². The van der Waals surface area contributed by atoms with Crippen molar-refractivity contribution in [2.75, 3.05) is 45.2 Å². The van der Waals surface area contributed by atoms with Crippen LogP contribution in [-0.4, -0.2) is 84.3 Å². The van der Waals surface area contributed by atoms with E-state index in [2.05, 4.69) is 11.1 Å². The van der Waals surface area contributed by atoms with Gasteiger partial charge >= 0.3 is 6.18 Å². The van der Waals surface area contributed by atoms with Crippen molar-refractivity contribution in [1.82, 2.24) is 14.8 Å². The van der Waals surface area contributed by atoms with Crippen LogP contribution in [0.1, 0.15) is 15.9 Å². The molecule has 180 valence electrons. The standard InChI is InChI=1S/C22H21ClF3N5O3/c1-29(2)20(33)16-4-3-13(10-17(16)23)15-9-14(11-27)19(28-12-15)30-5-7-31(8-6-30)21(34)18(32)22(24,25)26/h3-4,9-10,12,18,32H,5-8H2,1-2H3/t18-/m0/s1. The molecule has 2 heterocycles. The number of aliphatic hydroxyl groups is 1. The zero-order chi connectivity index (χ0) is 25.2. The van der Waals surface area contributed by atoms with Crippen LogP contribution in [-0.2, 0) is 4.79 Å². The number of nitrogens with zero attached hydrogens (tertiary/aromatic N) is 5. The molecular weight excluding hydrogens is 475 g/mol. The molecule has 0 saturated carbocycles. The van der Waals surface area contributed by atoms with Crippen LogP contribution in [0, 0.1) is 11.3 Å². The van der Waals surface area contributed by atoms with E-state index in [1.807, 2.05) is 0 Å². The quantitative estimate of drug-likeness (QED) is 0.699. The summed E-state index contributed by atoms with van der Waals surface area (Å²) in [7, 11) is 3.23. The van der Waals surface area contributed by atoms with Crippen molar-refractivity contribution in [2.24, 2.45) is 0 Å². The molecule has 1 N–H and O–H groups in total. The monoisotopic (exact) mass is 495 g/mol. The third-order valence-corrected chi connectivity index (χ3v) is 5.67. The minimum absolute atomic E-state index is 0.0583. The minimum Gasteiger partial charge on any atom is -0.376 e. The van der Waals surface area contributed by atoms with Crippen LogP contribution in [0.25, 0.3) is 11.1 Å². The number of carbonyl (C=O) groups is 2.